The minimum absolute atomic E-state index is 0.0358. The Hall–Kier alpha value is -3.32. The second-order valence-electron chi connectivity index (χ2n) is 9.85. The van der Waals surface area contributed by atoms with Crippen molar-refractivity contribution in [3.8, 4) is 5.75 Å². The van der Waals surface area contributed by atoms with Crippen LogP contribution in [0.3, 0.4) is 0 Å². The van der Waals surface area contributed by atoms with Crippen molar-refractivity contribution in [3.63, 3.8) is 0 Å². The molecule has 2 aromatic carbocycles. The van der Waals surface area contributed by atoms with Crippen LogP contribution in [0.2, 0.25) is 0 Å². The Bertz CT molecular complexity index is 1100. The smallest absolute Gasteiger partial charge is 0.337 e. The summed E-state index contributed by atoms with van der Waals surface area (Å²) >= 11 is 0. The third-order valence-electron chi connectivity index (χ3n) is 8.03. The molecule has 2 heterocycles. The van der Waals surface area contributed by atoms with E-state index in [1.807, 2.05) is 36.4 Å². The summed E-state index contributed by atoms with van der Waals surface area (Å²) in [5.41, 5.74) is 3.22. The minimum Gasteiger partial charge on any atom is -0.504 e. The van der Waals surface area contributed by atoms with Crippen molar-refractivity contribution in [2.24, 2.45) is 11.8 Å². The fourth-order valence-corrected chi connectivity index (χ4v) is 6.24. The summed E-state index contributed by atoms with van der Waals surface area (Å²) in [6.45, 7) is 4.75. The van der Waals surface area contributed by atoms with E-state index in [2.05, 4.69) is 28.9 Å². The third kappa shape index (κ3) is 5.52. The zero-order valence-electron chi connectivity index (χ0n) is 22.3. The Kier molecular flexibility index (Phi) is 8.87. The molecule has 0 N–H and O–H groups in total. The number of carbonyl (C=O) groups is 2. The molecule has 7 heteroatoms. The molecule has 0 aromatic heterocycles. The lowest BCUT2D eigenvalue weighted by atomic mass is 9.75. The molecule has 198 valence electrons. The van der Waals surface area contributed by atoms with Gasteiger partial charge in [0, 0.05) is 31.7 Å². The molecule has 4 unspecified atom stereocenters. The Labute approximate surface area is 220 Å². The first-order valence-electron chi connectivity index (χ1n) is 13.0. The predicted octanol–water partition coefficient (Wildman–Crippen LogP) is 4.71. The van der Waals surface area contributed by atoms with Gasteiger partial charge in [-0.2, -0.15) is 0 Å². The second kappa shape index (κ2) is 12.3. The Morgan fingerprint density at radius 3 is 2.54 bits per heavy atom. The molecule has 2 aliphatic rings. The maximum Gasteiger partial charge on any atom is 0.337 e. The number of benzene rings is 2. The summed E-state index contributed by atoms with van der Waals surface area (Å²) in [6, 6.07) is 16.5. The largest absolute Gasteiger partial charge is 0.504 e. The van der Waals surface area contributed by atoms with Crippen molar-refractivity contribution in [1.29, 1.82) is 0 Å². The average Bonchev–Trinajstić information content (AvgIpc) is 3.36. The van der Waals surface area contributed by atoms with Gasteiger partial charge in [-0.15, -0.1) is 0 Å². The van der Waals surface area contributed by atoms with E-state index in [1.165, 1.54) is 12.7 Å². The molecule has 0 bridgehead atoms. The molecule has 2 aromatic rings. The number of anilines is 1. The van der Waals surface area contributed by atoms with Crippen molar-refractivity contribution in [2.75, 3.05) is 39.3 Å². The number of aldehydes is 1. The van der Waals surface area contributed by atoms with Crippen LogP contribution >= 0.6 is 0 Å². The van der Waals surface area contributed by atoms with Crippen LogP contribution in [0.25, 0.3) is 0 Å². The third-order valence-corrected chi connectivity index (χ3v) is 8.03. The van der Waals surface area contributed by atoms with E-state index in [-0.39, 0.29) is 24.0 Å². The highest BCUT2D eigenvalue weighted by Gasteiger charge is 2.46. The van der Waals surface area contributed by atoms with Crippen LogP contribution in [0.15, 0.2) is 60.4 Å². The van der Waals surface area contributed by atoms with Crippen molar-refractivity contribution < 1.29 is 23.8 Å². The van der Waals surface area contributed by atoms with E-state index in [0.29, 0.717) is 29.3 Å². The maximum atomic E-state index is 12.7. The van der Waals surface area contributed by atoms with Crippen LogP contribution in [-0.4, -0.2) is 63.7 Å². The van der Waals surface area contributed by atoms with Gasteiger partial charge < -0.3 is 19.1 Å². The van der Waals surface area contributed by atoms with Gasteiger partial charge in [-0.25, -0.2) is 4.79 Å². The van der Waals surface area contributed by atoms with Crippen molar-refractivity contribution in [3.05, 3.63) is 71.5 Å². The first-order valence-corrected chi connectivity index (χ1v) is 13.0. The van der Waals surface area contributed by atoms with Crippen molar-refractivity contribution >= 4 is 17.9 Å². The summed E-state index contributed by atoms with van der Waals surface area (Å²) < 4.78 is 16.0. The van der Waals surface area contributed by atoms with Gasteiger partial charge in [-0.05, 0) is 42.4 Å². The predicted molar refractivity (Wildman–Crippen MR) is 144 cm³/mol. The van der Waals surface area contributed by atoms with Gasteiger partial charge in [0.15, 0.2) is 6.29 Å². The van der Waals surface area contributed by atoms with E-state index in [9.17, 15) is 9.59 Å². The highest BCUT2D eigenvalue weighted by molar-refractivity contribution is 5.89. The topological polar surface area (TPSA) is 68.3 Å². The van der Waals surface area contributed by atoms with Gasteiger partial charge in [-0.1, -0.05) is 49.7 Å². The molecule has 4 rings (SSSR count). The molecule has 2 saturated heterocycles. The number of piperidine rings is 1. The quantitative estimate of drug-likeness (QED) is 0.200. The fraction of sp³-hybridized carbons (Fsp3) is 0.467. The number of hydrogen-bond donors (Lipinski definition) is 0. The first kappa shape index (κ1) is 26.7. The Morgan fingerprint density at radius 2 is 1.89 bits per heavy atom. The van der Waals surface area contributed by atoms with Crippen LogP contribution < -0.4 is 9.64 Å². The lowest BCUT2D eigenvalue weighted by Gasteiger charge is -2.45. The first-order chi connectivity index (χ1) is 18.1. The minimum atomic E-state index is -0.328. The summed E-state index contributed by atoms with van der Waals surface area (Å²) in [5.74, 6) is 0.614. The molecule has 2 fully saturated rings. The molecule has 0 amide bonds. The van der Waals surface area contributed by atoms with Crippen LogP contribution in [0.5, 0.6) is 5.75 Å². The van der Waals surface area contributed by atoms with E-state index < -0.39 is 0 Å². The molecule has 0 saturated carbocycles. The Morgan fingerprint density at radius 1 is 1.11 bits per heavy atom. The summed E-state index contributed by atoms with van der Waals surface area (Å²) in [4.78, 5) is 29.9. The van der Waals surface area contributed by atoms with Crippen molar-refractivity contribution in [2.45, 2.75) is 44.8 Å². The normalized spacial score (nSPS) is 23.7. The number of carbonyl (C=O) groups excluding carboxylic acids is 2. The number of nitrogens with zero attached hydrogens (tertiary/aromatic N) is 2. The van der Waals surface area contributed by atoms with E-state index >= 15 is 0 Å². The zero-order valence-corrected chi connectivity index (χ0v) is 22.3. The Balaban J connectivity index is 1.74. The van der Waals surface area contributed by atoms with Gasteiger partial charge in [0.1, 0.15) is 5.75 Å². The van der Waals surface area contributed by atoms with E-state index in [4.69, 9.17) is 14.2 Å². The number of esters is 1. The fourth-order valence-electron chi connectivity index (χ4n) is 6.24. The second-order valence-corrected chi connectivity index (χ2v) is 9.85. The van der Waals surface area contributed by atoms with Crippen LogP contribution in [0.1, 0.15) is 42.1 Å². The molecule has 0 spiro atoms. The molecule has 0 aliphatic carbocycles. The number of ether oxygens (including phenoxy) is 3. The van der Waals surface area contributed by atoms with Crippen LogP contribution in [0.4, 0.5) is 5.69 Å². The zero-order chi connectivity index (χ0) is 26.4. The highest BCUT2D eigenvalue weighted by Crippen LogP contribution is 2.43. The van der Waals surface area contributed by atoms with Gasteiger partial charge >= 0.3 is 5.97 Å². The molecular formula is C30H38N2O5. The molecule has 7 nitrogen and oxygen atoms in total. The number of fused-ring (bicyclic) bond motifs is 1. The molecule has 0 radical (unpaired) electrons. The van der Waals surface area contributed by atoms with Crippen molar-refractivity contribution in [1.82, 2.24) is 4.90 Å². The maximum absolute atomic E-state index is 12.7. The lowest BCUT2D eigenvalue weighted by Crippen LogP contribution is -2.52. The number of methoxy groups -OCH3 is 3. The standard InChI is InChI=1S/C30H38N2O5/c1-5-22-18-31-15-14-27(28(31)16-23(22)25(20-35-2)30(34)37-4)32(17-21-10-7-6-8-11-21)26-12-9-13-29(36-3)24(26)19-33/h6-13,19-20,22-23,27-28H,5,14-18H2,1-4H3/b25-20+. The summed E-state index contributed by atoms with van der Waals surface area (Å²) in [7, 11) is 4.59. The monoisotopic (exact) mass is 506 g/mol. The van der Waals surface area contributed by atoms with Gasteiger partial charge in [0.25, 0.3) is 0 Å². The molecule has 4 atom stereocenters. The molecule has 2 aliphatic heterocycles. The molecule has 37 heavy (non-hydrogen) atoms. The SMILES string of the molecule is CCC1CN2CCC(N(Cc3ccccc3)c3cccc(OC)c3C=O)C2CC1/C(=C\OC)C(=O)OC. The molecular weight excluding hydrogens is 468 g/mol. The number of hydrogen-bond acceptors (Lipinski definition) is 7. The number of rotatable bonds is 10. The summed E-state index contributed by atoms with van der Waals surface area (Å²) in [6.07, 6.45) is 5.21. The average molecular weight is 507 g/mol. The van der Waals surface area contributed by atoms with Gasteiger partial charge in [0.2, 0.25) is 0 Å². The van der Waals surface area contributed by atoms with Gasteiger partial charge in [-0.3, -0.25) is 9.69 Å². The van der Waals surface area contributed by atoms with E-state index in [1.54, 1.807) is 20.5 Å². The van der Waals surface area contributed by atoms with Crippen LogP contribution in [-0.2, 0) is 20.8 Å². The highest BCUT2D eigenvalue weighted by atomic mass is 16.5. The van der Waals surface area contributed by atoms with Crippen LogP contribution in [0, 0.1) is 11.8 Å². The lowest BCUT2D eigenvalue weighted by molar-refractivity contribution is -0.137. The summed E-state index contributed by atoms with van der Waals surface area (Å²) in [5, 5.41) is 0. The van der Waals surface area contributed by atoms with E-state index in [0.717, 1.165) is 44.3 Å². The van der Waals surface area contributed by atoms with Gasteiger partial charge in [0.05, 0.1) is 44.4 Å².